The van der Waals surface area contributed by atoms with Crippen molar-refractivity contribution in [3.63, 3.8) is 0 Å². The van der Waals surface area contributed by atoms with E-state index >= 15 is 0 Å². The molecule has 2 fully saturated rings. The van der Waals surface area contributed by atoms with Crippen LogP contribution in [0.25, 0.3) is 21.9 Å². The normalized spacial score (nSPS) is 20.7. The van der Waals surface area contributed by atoms with Crippen molar-refractivity contribution in [1.29, 1.82) is 0 Å². The van der Waals surface area contributed by atoms with Gasteiger partial charge >= 0.3 is 6.18 Å². The molecule has 3 aromatic rings. The van der Waals surface area contributed by atoms with Crippen molar-refractivity contribution in [3.05, 3.63) is 71.3 Å². The molecule has 1 amide bonds. The molecule has 2 saturated heterocycles. The molecule has 166 valence electrons. The summed E-state index contributed by atoms with van der Waals surface area (Å²) < 4.78 is 40.4. The van der Waals surface area contributed by atoms with Crippen molar-refractivity contribution in [2.45, 2.75) is 12.7 Å². The van der Waals surface area contributed by atoms with E-state index in [1.165, 1.54) is 0 Å². The van der Waals surface area contributed by atoms with Crippen LogP contribution >= 0.6 is 0 Å². The fourth-order valence-corrected chi connectivity index (χ4v) is 5.06. The van der Waals surface area contributed by atoms with Crippen LogP contribution in [0.5, 0.6) is 0 Å². The van der Waals surface area contributed by atoms with Gasteiger partial charge in [-0.3, -0.25) is 4.79 Å². The van der Waals surface area contributed by atoms with Gasteiger partial charge in [0.05, 0.1) is 5.56 Å². The van der Waals surface area contributed by atoms with Crippen LogP contribution < -0.4 is 11.1 Å². The van der Waals surface area contributed by atoms with Gasteiger partial charge in [-0.15, -0.1) is 0 Å². The Kier molecular flexibility index (Phi) is 5.18. The predicted molar refractivity (Wildman–Crippen MR) is 118 cm³/mol. The van der Waals surface area contributed by atoms with E-state index in [0.717, 1.165) is 49.1 Å². The number of hydrogen-bond donors (Lipinski definition) is 2. The van der Waals surface area contributed by atoms with Gasteiger partial charge in [-0.2, -0.15) is 13.2 Å². The molecule has 5 rings (SSSR count). The first kappa shape index (κ1) is 21.0. The molecule has 0 radical (unpaired) electrons. The lowest BCUT2D eigenvalue weighted by Gasteiger charge is -2.20. The maximum atomic E-state index is 13.5. The number of nitrogens with two attached hydrogens (primary N) is 1. The molecule has 0 aromatic heterocycles. The number of carbonyl (C=O) groups excluding carboxylic acids is 1. The number of nitrogens with zero attached hydrogens (tertiary/aromatic N) is 1. The number of amides is 1. The van der Waals surface area contributed by atoms with E-state index in [-0.39, 0.29) is 12.5 Å². The summed E-state index contributed by atoms with van der Waals surface area (Å²) >= 11 is 0. The summed E-state index contributed by atoms with van der Waals surface area (Å²) in [5.74, 6) is 0.961. The molecule has 2 atom stereocenters. The number of rotatable bonds is 3. The Labute approximate surface area is 184 Å². The van der Waals surface area contributed by atoms with Gasteiger partial charge in [0.2, 0.25) is 0 Å². The van der Waals surface area contributed by atoms with Gasteiger partial charge < -0.3 is 16.0 Å². The molecule has 2 aliphatic heterocycles. The van der Waals surface area contributed by atoms with Crippen molar-refractivity contribution >= 4 is 16.7 Å². The first-order chi connectivity index (χ1) is 15.3. The first-order valence-corrected chi connectivity index (χ1v) is 10.8. The standard InChI is InChI=1S/C25H24F3N3O/c26-25(27,28)19-8-15(10-29)7-16(9-19)20-5-6-23(22-4-2-1-3-21(20)22)24(32)31-13-17-11-30-12-18(17)14-31/h1-9,17-18,30H,10-14,29H2/t17-,18+. The van der Waals surface area contributed by atoms with Gasteiger partial charge in [0, 0.05) is 38.3 Å². The maximum absolute atomic E-state index is 13.5. The Balaban J connectivity index is 1.58. The van der Waals surface area contributed by atoms with Gasteiger partial charge in [-0.05, 0) is 63.6 Å². The van der Waals surface area contributed by atoms with Crippen LogP contribution in [0.15, 0.2) is 54.6 Å². The predicted octanol–water partition coefficient (Wildman–Crippen LogP) is 4.28. The van der Waals surface area contributed by atoms with E-state index in [1.54, 1.807) is 18.2 Å². The van der Waals surface area contributed by atoms with Crippen LogP contribution in [-0.2, 0) is 12.7 Å². The molecule has 7 heteroatoms. The maximum Gasteiger partial charge on any atom is 0.416 e. The average Bonchev–Trinajstić information content (AvgIpc) is 3.39. The highest BCUT2D eigenvalue weighted by molar-refractivity contribution is 6.11. The van der Waals surface area contributed by atoms with Crippen LogP contribution in [-0.4, -0.2) is 37.0 Å². The summed E-state index contributed by atoms with van der Waals surface area (Å²) in [4.78, 5) is 15.3. The minimum Gasteiger partial charge on any atom is -0.338 e. The van der Waals surface area contributed by atoms with Crippen LogP contribution in [0.4, 0.5) is 13.2 Å². The van der Waals surface area contributed by atoms with Crippen molar-refractivity contribution in [2.24, 2.45) is 17.6 Å². The molecular weight excluding hydrogens is 415 g/mol. The molecule has 3 aromatic carbocycles. The summed E-state index contributed by atoms with van der Waals surface area (Å²) in [6.45, 7) is 3.36. The lowest BCUT2D eigenvalue weighted by Crippen LogP contribution is -2.32. The lowest BCUT2D eigenvalue weighted by molar-refractivity contribution is -0.137. The van der Waals surface area contributed by atoms with Crippen LogP contribution in [0.2, 0.25) is 0 Å². The van der Waals surface area contributed by atoms with Crippen LogP contribution in [0.3, 0.4) is 0 Å². The third-order valence-electron chi connectivity index (χ3n) is 6.70. The zero-order chi connectivity index (χ0) is 22.5. The number of benzene rings is 3. The highest BCUT2D eigenvalue weighted by Gasteiger charge is 2.38. The van der Waals surface area contributed by atoms with Crippen molar-refractivity contribution < 1.29 is 18.0 Å². The number of nitrogens with one attached hydrogen (secondary N) is 1. The van der Waals surface area contributed by atoms with Crippen molar-refractivity contribution in [2.75, 3.05) is 26.2 Å². The SMILES string of the molecule is NCc1cc(-c2ccc(C(=O)N3C[C@H]4CNC[C@H]4C3)c3ccccc23)cc(C(F)(F)F)c1. The van der Waals surface area contributed by atoms with Crippen molar-refractivity contribution in [1.82, 2.24) is 10.2 Å². The monoisotopic (exact) mass is 439 g/mol. The largest absolute Gasteiger partial charge is 0.416 e. The van der Waals surface area contributed by atoms with E-state index in [2.05, 4.69) is 5.32 Å². The highest BCUT2D eigenvalue weighted by Crippen LogP contribution is 2.37. The molecule has 3 N–H and O–H groups in total. The third kappa shape index (κ3) is 3.65. The van der Waals surface area contributed by atoms with Crippen molar-refractivity contribution in [3.8, 4) is 11.1 Å². The Morgan fingerprint density at radius 2 is 1.69 bits per heavy atom. The summed E-state index contributed by atoms with van der Waals surface area (Å²) in [7, 11) is 0. The minimum atomic E-state index is -4.46. The second kappa shape index (κ2) is 7.90. The fraction of sp³-hybridized carbons (Fsp3) is 0.320. The molecule has 0 aliphatic carbocycles. The van der Waals surface area contributed by atoms with E-state index < -0.39 is 11.7 Å². The minimum absolute atomic E-state index is 0.0115. The van der Waals surface area contributed by atoms with Gasteiger partial charge in [0.15, 0.2) is 0 Å². The number of alkyl halides is 3. The number of carbonyl (C=O) groups is 1. The smallest absolute Gasteiger partial charge is 0.338 e. The van der Waals surface area contributed by atoms with Gasteiger partial charge in [-0.25, -0.2) is 0 Å². The Bertz CT molecular complexity index is 1180. The number of halogens is 3. The van der Waals surface area contributed by atoms with E-state index in [9.17, 15) is 18.0 Å². The topological polar surface area (TPSA) is 58.4 Å². The Morgan fingerprint density at radius 3 is 2.34 bits per heavy atom. The quantitative estimate of drug-likeness (QED) is 0.641. The summed E-state index contributed by atoms with van der Waals surface area (Å²) in [6, 6.07) is 14.8. The van der Waals surface area contributed by atoms with Crippen LogP contribution in [0.1, 0.15) is 21.5 Å². The Morgan fingerprint density at radius 1 is 1.00 bits per heavy atom. The Hall–Kier alpha value is -2.90. The average molecular weight is 439 g/mol. The number of fused-ring (bicyclic) bond motifs is 2. The molecule has 0 bridgehead atoms. The second-order valence-electron chi connectivity index (χ2n) is 8.72. The zero-order valence-corrected chi connectivity index (χ0v) is 17.5. The molecule has 4 nitrogen and oxygen atoms in total. The molecule has 0 saturated carbocycles. The summed E-state index contributed by atoms with van der Waals surface area (Å²) in [6.07, 6.45) is -4.46. The third-order valence-corrected chi connectivity index (χ3v) is 6.70. The number of hydrogen-bond acceptors (Lipinski definition) is 3. The first-order valence-electron chi connectivity index (χ1n) is 10.8. The molecule has 0 unspecified atom stereocenters. The summed E-state index contributed by atoms with van der Waals surface area (Å²) in [5, 5.41) is 4.87. The van der Waals surface area contributed by atoms with E-state index in [0.29, 0.717) is 34.1 Å². The molecule has 2 aliphatic rings. The van der Waals surface area contributed by atoms with E-state index in [1.807, 2.05) is 29.2 Å². The summed E-state index contributed by atoms with van der Waals surface area (Å²) in [5.41, 5.74) is 7.04. The molecular formula is C25H24F3N3O. The number of likely N-dealkylation sites (tertiary alicyclic amines) is 1. The van der Waals surface area contributed by atoms with Gasteiger partial charge in [0.25, 0.3) is 5.91 Å². The zero-order valence-electron chi connectivity index (χ0n) is 17.5. The second-order valence-corrected chi connectivity index (χ2v) is 8.72. The fourth-order valence-electron chi connectivity index (χ4n) is 5.06. The molecule has 0 spiro atoms. The molecule has 32 heavy (non-hydrogen) atoms. The van der Waals surface area contributed by atoms with Gasteiger partial charge in [-0.1, -0.05) is 30.3 Å². The highest BCUT2D eigenvalue weighted by atomic mass is 19.4. The van der Waals surface area contributed by atoms with Crippen LogP contribution in [0, 0.1) is 11.8 Å². The molecule has 2 heterocycles. The lowest BCUT2D eigenvalue weighted by atomic mass is 9.92. The van der Waals surface area contributed by atoms with E-state index in [4.69, 9.17) is 5.73 Å². The van der Waals surface area contributed by atoms with Gasteiger partial charge in [0.1, 0.15) is 0 Å².